The van der Waals surface area contributed by atoms with Crippen molar-refractivity contribution < 1.29 is 4.39 Å². The summed E-state index contributed by atoms with van der Waals surface area (Å²) in [6.07, 6.45) is 0. The average Bonchev–Trinajstić information content (AvgIpc) is 2.57. The molecular formula is C19H18ClFN4. The smallest absolute Gasteiger partial charge is 0.229 e. The van der Waals surface area contributed by atoms with Crippen LogP contribution in [0.25, 0.3) is 0 Å². The third-order valence-electron chi connectivity index (χ3n) is 3.69. The number of aryl methyl sites for hydroxylation is 2. The van der Waals surface area contributed by atoms with Crippen molar-refractivity contribution in [2.75, 3.05) is 10.6 Å². The largest absolute Gasteiger partial charge is 0.366 e. The van der Waals surface area contributed by atoms with Gasteiger partial charge in [-0.2, -0.15) is 4.98 Å². The molecule has 0 saturated heterocycles. The molecule has 0 unspecified atom stereocenters. The fraction of sp³-hybridized carbons (Fsp3) is 0.158. The van der Waals surface area contributed by atoms with E-state index < -0.39 is 0 Å². The zero-order valence-corrected chi connectivity index (χ0v) is 14.7. The van der Waals surface area contributed by atoms with Gasteiger partial charge >= 0.3 is 0 Å². The van der Waals surface area contributed by atoms with Gasteiger partial charge in [-0.25, -0.2) is 9.37 Å². The lowest BCUT2D eigenvalue weighted by Gasteiger charge is -2.12. The van der Waals surface area contributed by atoms with Crippen LogP contribution in [0.4, 0.5) is 21.8 Å². The molecule has 3 aromatic rings. The molecule has 0 fully saturated rings. The Balaban J connectivity index is 1.75. The molecular weight excluding hydrogens is 339 g/mol. The van der Waals surface area contributed by atoms with Crippen LogP contribution in [-0.4, -0.2) is 9.97 Å². The SMILES string of the molecule is Cc1cc(NCc2ccc(F)cc2)nc(Nc2cc(Cl)ccc2C)n1. The van der Waals surface area contributed by atoms with Crippen molar-refractivity contribution in [1.82, 2.24) is 9.97 Å². The van der Waals surface area contributed by atoms with Gasteiger partial charge in [0.25, 0.3) is 0 Å². The Bertz CT molecular complexity index is 881. The Kier molecular flexibility index (Phi) is 5.14. The van der Waals surface area contributed by atoms with E-state index in [0.717, 1.165) is 22.5 Å². The van der Waals surface area contributed by atoms with Crippen molar-refractivity contribution >= 4 is 29.1 Å². The van der Waals surface area contributed by atoms with Crippen LogP contribution in [0.2, 0.25) is 5.02 Å². The number of benzene rings is 2. The van der Waals surface area contributed by atoms with Gasteiger partial charge in [0, 0.05) is 29.0 Å². The Hall–Kier alpha value is -2.66. The minimum absolute atomic E-state index is 0.245. The van der Waals surface area contributed by atoms with Crippen molar-refractivity contribution in [1.29, 1.82) is 0 Å². The summed E-state index contributed by atoms with van der Waals surface area (Å²) in [5.41, 5.74) is 3.72. The quantitative estimate of drug-likeness (QED) is 0.656. The van der Waals surface area contributed by atoms with Crippen LogP contribution in [0.1, 0.15) is 16.8 Å². The molecule has 2 aromatic carbocycles. The van der Waals surface area contributed by atoms with Gasteiger partial charge in [0.2, 0.25) is 5.95 Å². The molecule has 0 aliphatic rings. The monoisotopic (exact) mass is 356 g/mol. The minimum atomic E-state index is -0.245. The highest BCUT2D eigenvalue weighted by atomic mass is 35.5. The summed E-state index contributed by atoms with van der Waals surface area (Å²) in [4.78, 5) is 8.89. The van der Waals surface area contributed by atoms with Gasteiger partial charge in [0.15, 0.2) is 0 Å². The van der Waals surface area contributed by atoms with E-state index in [2.05, 4.69) is 20.6 Å². The Morgan fingerprint density at radius 2 is 1.76 bits per heavy atom. The molecule has 0 aliphatic carbocycles. The predicted octanol–water partition coefficient (Wildman–Crippen LogP) is 5.24. The highest BCUT2D eigenvalue weighted by Crippen LogP contribution is 2.23. The molecule has 0 spiro atoms. The number of rotatable bonds is 5. The molecule has 0 radical (unpaired) electrons. The number of halogens is 2. The fourth-order valence-electron chi connectivity index (χ4n) is 2.36. The van der Waals surface area contributed by atoms with Gasteiger partial charge in [0.1, 0.15) is 11.6 Å². The second-order valence-electron chi connectivity index (χ2n) is 5.78. The third-order valence-corrected chi connectivity index (χ3v) is 3.92. The van der Waals surface area contributed by atoms with Crippen LogP contribution in [0.15, 0.2) is 48.5 Å². The zero-order valence-electron chi connectivity index (χ0n) is 14.0. The maximum Gasteiger partial charge on any atom is 0.229 e. The molecule has 1 heterocycles. The van der Waals surface area contributed by atoms with Crippen molar-refractivity contribution in [2.24, 2.45) is 0 Å². The predicted molar refractivity (Wildman–Crippen MR) is 100.0 cm³/mol. The lowest BCUT2D eigenvalue weighted by molar-refractivity contribution is 0.627. The molecule has 3 rings (SSSR count). The lowest BCUT2D eigenvalue weighted by Crippen LogP contribution is -2.06. The molecule has 0 atom stereocenters. The Morgan fingerprint density at radius 1 is 1.00 bits per heavy atom. The molecule has 128 valence electrons. The topological polar surface area (TPSA) is 49.8 Å². The number of anilines is 3. The normalized spacial score (nSPS) is 10.6. The van der Waals surface area contributed by atoms with Gasteiger partial charge < -0.3 is 10.6 Å². The molecule has 0 bridgehead atoms. The maximum absolute atomic E-state index is 13.0. The van der Waals surface area contributed by atoms with Crippen LogP contribution in [0.5, 0.6) is 0 Å². The second kappa shape index (κ2) is 7.49. The maximum atomic E-state index is 13.0. The number of aromatic nitrogens is 2. The molecule has 1 aromatic heterocycles. The van der Waals surface area contributed by atoms with E-state index in [9.17, 15) is 4.39 Å². The average molecular weight is 357 g/mol. The minimum Gasteiger partial charge on any atom is -0.366 e. The molecule has 25 heavy (non-hydrogen) atoms. The molecule has 4 nitrogen and oxygen atoms in total. The van der Waals surface area contributed by atoms with Crippen LogP contribution >= 0.6 is 11.6 Å². The first-order valence-electron chi connectivity index (χ1n) is 7.87. The van der Waals surface area contributed by atoms with E-state index in [1.807, 2.05) is 38.1 Å². The summed E-state index contributed by atoms with van der Waals surface area (Å²) in [6.45, 7) is 4.44. The van der Waals surface area contributed by atoms with E-state index >= 15 is 0 Å². The van der Waals surface area contributed by atoms with E-state index in [4.69, 9.17) is 11.6 Å². The van der Waals surface area contributed by atoms with Gasteiger partial charge in [-0.05, 0) is 49.2 Å². The van der Waals surface area contributed by atoms with Gasteiger partial charge in [-0.15, -0.1) is 0 Å². The zero-order chi connectivity index (χ0) is 17.8. The summed E-state index contributed by atoms with van der Waals surface area (Å²) in [7, 11) is 0. The van der Waals surface area contributed by atoms with E-state index in [0.29, 0.717) is 23.3 Å². The van der Waals surface area contributed by atoms with Crippen LogP contribution < -0.4 is 10.6 Å². The van der Waals surface area contributed by atoms with Crippen molar-refractivity contribution in [3.05, 3.63) is 76.2 Å². The highest BCUT2D eigenvalue weighted by molar-refractivity contribution is 6.30. The standard InChI is InChI=1S/C19H18ClFN4/c1-12-3-6-15(20)10-17(12)24-19-23-13(2)9-18(25-19)22-11-14-4-7-16(21)8-5-14/h3-10H,11H2,1-2H3,(H2,22,23,24,25). The first-order valence-corrected chi connectivity index (χ1v) is 8.24. The van der Waals surface area contributed by atoms with Crippen molar-refractivity contribution in [2.45, 2.75) is 20.4 Å². The number of nitrogens with one attached hydrogen (secondary N) is 2. The van der Waals surface area contributed by atoms with Gasteiger partial charge in [-0.3, -0.25) is 0 Å². The summed E-state index contributed by atoms with van der Waals surface area (Å²) in [6, 6.07) is 13.8. The second-order valence-corrected chi connectivity index (χ2v) is 6.22. The summed E-state index contributed by atoms with van der Waals surface area (Å²) in [5.74, 6) is 0.941. The van der Waals surface area contributed by atoms with E-state index in [-0.39, 0.29) is 5.82 Å². The number of hydrogen-bond donors (Lipinski definition) is 2. The lowest BCUT2D eigenvalue weighted by atomic mass is 10.2. The first kappa shape index (κ1) is 17.2. The van der Waals surface area contributed by atoms with Crippen molar-refractivity contribution in [3.8, 4) is 0 Å². The molecule has 0 aliphatic heterocycles. The molecule has 6 heteroatoms. The Labute approximate surface area is 151 Å². The molecule has 2 N–H and O–H groups in total. The molecule has 0 saturated carbocycles. The summed E-state index contributed by atoms with van der Waals surface area (Å²) >= 11 is 6.05. The van der Waals surface area contributed by atoms with E-state index in [1.54, 1.807) is 12.1 Å². The first-order chi connectivity index (χ1) is 12.0. The Morgan fingerprint density at radius 3 is 2.52 bits per heavy atom. The molecule has 0 amide bonds. The van der Waals surface area contributed by atoms with Crippen LogP contribution in [0, 0.1) is 19.7 Å². The van der Waals surface area contributed by atoms with Crippen molar-refractivity contribution in [3.63, 3.8) is 0 Å². The summed E-state index contributed by atoms with van der Waals surface area (Å²) in [5, 5.41) is 7.09. The highest BCUT2D eigenvalue weighted by Gasteiger charge is 2.06. The van der Waals surface area contributed by atoms with Crippen LogP contribution in [0.3, 0.4) is 0 Å². The number of nitrogens with zero attached hydrogens (tertiary/aromatic N) is 2. The van der Waals surface area contributed by atoms with E-state index in [1.165, 1.54) is 12.1 Å². The van der Waals surface area contributed by atoms with Gasteiger partial charge in [-0.1, -0.05) is 29.8 Å². The summed E-state index contributed by atoms with van der Waals surface area (Å²) < 4.78 is 13.0. The fourth-order valence-corrected chi connectivity index (χ4v) is 2.53. The number of hydrogen-bond acceptors (Lipinski definition) is 4. The van der Waals surface area contributed by atoms with Gasteiger partial charge in [0.05, 0.1) is 0 Å². The third kappa shape index (κ3) is 4.67. The van der Waals surface area contributed by atoms with Crippen LogP contribution in [-0.2, 0) is 6.54 Å².